The number of hydrogen-bond donors (Lipinski definition) is 1. The Balaban J connectivity index is 1.39. The van der Waals surface area contributed by atoms with Crippen molar-refractivity contribution in [2.75, 3.05) is 0 Å². The lowest BCUT2D eigenvalue weighted by Crippen LogP contribution is -2.41. The zero-order chi connectivity index (χ0) is 17.7. The number of hydrogen-bond acceptors (Lipinski definition) is 4. The van der Waals surface area contributed by atoms with Crippen LogP contribution in [0, 0.1) is 11.6 Å². The van der Waals surface area contributed by atoms with Gasteiger partial charge in [-0.15, -0.1) is 0 Å². The van der Waals surface area contributed by atoms with Crippen molar-refractivity contribution in [3.05, 3.63) is 41.2 Å². The molecule has 2 aromatic rings. The molecule has 1 N–H and O–H groups in total. The van der Waals surface area contributed by atoms with Crippen molar-refractivity contribution in [1.29, 1.82) is 0 Å². The van der Waals surface area contributed by atoms with E-state index in [0.717, 1.165) is 43.1 Å². The minimum atomic E-state index is -0.875. The number of halogens is 2. The van der Waals surface area contributed by atoms with E-state index in [1.54, 1.807) is 6.07 Å². The van der Waals surface area contributed by atoms with Crippen LogP contribution in [-0.2, 0) is 11.3 Å². The van der Waals surface area contributed by atoms with Crippen molar-refractivity contribution in [2.45, 2.75) is 69.2 Å². The first-order valence-electron chi connectivity index (χ1n) is 9.49. The molecule has 5 rings (SSSR count). The van der Waals surface area contributed by atoms with E-state index < -0.39 is 11.6 Å². The maximum atomic E-state index is 13.7. The predicted molar refractivity (Wildman–Crippen MR) is 91.6 cm³/mol. The molecule has 0 amide bonds. The first-order chi connectivity index (χ1) is 12.7. The average Bonchev–Trinajstić information content (AvgIpc) is 3.31. The SMILES string of the molecule is Fc1ccc(-c2noc(C3CC3)c2COC2CC3CC[C@@H](C2)N3)cc1F. The second kappa shape index (κ2) is 6.43. The number of nitrogens with zero attached hydrogens (tertiary/aromatic N) is 1. The highest BCUT2D eigenvalue weighted by Crippen LogP contribution is 2.44. The molecule has 1 aromatic heterocycles. The molecule has 4 nitrogen and oxygen atoms in total. The summed E-state index contributed by atoms with van der Waals surface area (Å²) in [6.07, 6.45) is 6.90. The highest BCUT2D eigenvalue weighted by Gasteiger charge is 2.36. The zero-order valence-corrected chi connectivity index (χ0v) is 14.5. The van der Waals surface area contributed by atoms with Crippen molar-refractivity contribution in [1.82, 2.24) is 10.5 Å². The summed E-state index contributed by atoms with van der Waals surface area (Å²) in [5.74, 6) is -0.506. The van der Waals surface area contributed by atoms with Crippen molar-refractivity contribution in [3.63, 3.8) is 0 Å². The number of fused-ring (bicyclic) bond motifs is 2. The van der Waals surface area contributed by atoms with Gasteiger partial charge in [-0.1, -0.05) is 5.16 Å². The molecule has 1 saturated carbocycles. The predicted octanol–water partition coefficient (Wildman–Crippen LogP) is 4.30. The standard InChI is InChI=1S/C20H22F2N2O2/c21-17-6-3-12(7-18(17)22)19-16(20(26-24-19)11-1-2-11)10-25-15-8-13-4-5-14(9-15)23-13/h3,6-7,11,13-15,23H,1-2,4-5,8-10H2/t13-,14?,15?/m0/s1. The van der Waals surface area contributed by atoms with Crippen molar-refractivity contribution < 1.29 is 18.0 Å². The van der Waals surface area contributed by atoms with E-state index in [-0.39, 0.29) is 6.10 Å². The Hall–Kier alpha value is -1.79. The molecular weight excluding hydrogens is 338 g/mol. The van der Waals surface area contributed by atoms with Gasteiger partial charge in [-0.05, 0) is 56.7 Å². The first kappa shape index (κ1) is 16.4. The Kier molecular flexibility index (Phi) is 4.05. The van der Waals surface area contributed by atoms with E-state index in [9.17, 15) is 8.78 Å². The Morgan fingerprint density at radius 1 is 1.08 bits per heavy atom. The Labute approximate surface area is 150 Å². The molecule has 2 bridgehead atoms. The van der Waals surface area contributed by atoms with Gasteiger partial charge >= 0.3 is 0 Å². The largest absolute Gasteiger partial charge is 0.373 e. The van der Waals surface area contributed by atoms with Gasteiger partial charge in [0.25, 0.3) is 0 Å². The van der Waals surface area contributed by atoms with E-state index in [2.05, 4.69) is 10.5 Å². The summed E-state index contributed by atoms with van der Waals surface area (Å²) in [5.41, 5.74) is 2.00. The molecule has 6 heteroatoms. The van der Waals surface area contributed by atoms with Crippen LogP contribution in [0.3, 0.4) is 0 Å². The van der Waals surface area contributed by atoms with Crippen LogP contribution in [0.2, 0.25) is 0 Å². The minimum absolute atomic E-state index is 0.230. The normalized spacial score (nSPS) is 27.8. The molecule has 2 aliphatic heterocycles. The third-order valence-electron chi connectivity index (χ3n) is 5.85. The molecule has 3 atom stereocenters. The van der Waals surface area contributed by atoms with Crippen LogP contribution in [0.5, 0.6) is 0 Å². The zero-order valence-electron chi connectivity index (χ0n) is 14.5. The van der Waals surface area contributed by atoms with Crippen LogP contribution < -0.4 is 5.32 Å². The molecule has 1 aromatic carbocycles. The lowest BCUT2D eigenvalue weighted by Gasteiger charge is -2.29. The molecular formula is C20H22F2N2O2. The van der Waals surface area contributed by atoms with Crippen LogP contribution in [-0.4, -0.2) is 23.3 Å². The van der Waals surface area contributed by atoms with Crippen molar-refractivity contribution >= 4 is 0 Å². The molecule has 2 saturated heterocycles. The highest BCUT2D eigenvalue weighted by atomic mass is 19.2. The van der Waals surface area contributed by atoms with Crippen molar-refractivity contribution in [2.24, 2.45) is 0 Å². The molecule has 2 unspecified atom stereocenters. The van der Waals surface area contributed by atoms with Gasteiger partial charge in [0.1, 0.15) is 11.5 Å². The molecule has 3 aliphatic rings. The minimum Gasteiger partial charge on any atom is -0.373 e. The summed E-state index contributed by atoms with van der Waals surface area (Å²) >= 11 is 0. The third kappa shape index (κ3) is 3.05. The van der Waals surface area contributed by atoms with Crippen LogP contribution >= 0.6 is 0 Å². The van der Waals surface area contributed by atoms with Crippen LogP contribution in [0.4, 0.5) is 8.78 Å². The van der Waals surface area contributed by atoms with Crippen molar-refractivity contribution in [3.8, 4) is 11.3 Å². The van der Waals surface area contributed by atoms with Gasteiger partial charge in [0.05, 0.1) is 12.7 Å². The van der Waals surface area contributed by atoms with E-state index in [1.807, 2.05) is 0 Å². The van der Waals surface area contributed by atoms with Gasteiger partial charge in [0, 0.05) is 29.1 Å². The summed E-state index contributed by atoms with van der Waals surface area (Å²) in [6.45, 7) is 0.410. The average molecular weight is 360 g/mol. The Bertz CT molecular complexity index is 806. The van der Waals surface area contributed by atoms with Gasteiger partial charge < -0.3 is 14.6 Å². The maximum Gasteiger partial charge on any atom is 0.159 e. The summed E-state index contributed by atoms with van der Waals surface area (Å²) in [4.78, 5) is 0. The Morgan fingerprint density at radius 3 is 2.54 bits per heavy atom. The fourth-order valence-corrected chi connectivity index (χ4v) is 4.34. The van der Waals surface area contributed by atoms with E-state index in [4.69, 9.17) is 9.26 Å². The number of aromatic nitrogens is 1. The van der Waals surface area contributed by atoms with Crippen LogP contribution in [0.1, 0.15) is 55.8 Å². The second-order valence-electron chi connectivity index (χ2n) is 7.82. The monoisotopic (exact) mass is 360 g/mol. The topological polar surface area (TPSA) is 47.3 Å². The lowest BCUT2D eigenvalue weighted by molar-refractivity contribution is 0.00875. The maximum absolute atomic E-state index is 13.7. The van der Waals surface area contributed by atoms with Gasteiger partial charge in [-0.2, -0.15) is 0 Å². The molecule has 3 heterocycles. The van der Waals surface area contributed by atoms with E-state index >= 15 is 0 Å². The molecule has 1 aliphatic carbocycles. The number of benzene rings is 1. The van der Waals surface area contributed by atoms with E-state index in [0.29, 0.717) is 35.9 Å². The fourth-order valence-electron chi connectivity index (χ4n) is 4.34. The van der Waals surface area contributed by atoms with Gasteiger partial charge in [0.15, 0.2) is 11.6 Å². The quantitative estimate of drug-likeness (QED) is 0.864. The molecule has 3 fully saturated rings. The van der Waals surface area contributed by atoms with Gasteiger partial charge in [-0.25, -0.2) is 8.78 Å². The van der Waals surface area contributed by atoms with E-state index in [1.165, 1.54) is 18.9 Å². The number of piperidine rings is 1. The smallest absolute Gasteiger partial charge is 0.159 e. The fraction of sp³-hybridized carbons (Fsp3) is 0.550. The molecule has 138 valence electrons. The summed E-state index contributed by atoms with van der Waals surface area (Å²) in [6, 6.07) is 4.98. The third-order valence-corrected chi connectivity index (χ3v) is 5.85. The summed E-state index contributed by atoms with van der Waals surface area (Å²) < 4.78 is 38.8. The molecule has 26 heavy (non-hydrogen) atoms. The number of rotatable bonds is 5. The van der Waals surface area contributed by atoms with Crippen LogP contribution in [0.15, 0.2) is 22.7 Å². The summed E-state index contributed by atoms with van der Waals surface area (Å²) in [7, 11) is 0. The van der Waals surface area contributed by atoms with Crippen LogP contribution in [0.25, 0.3) is 11.3 Å². The number of ether oxygens (including phenoxy) is 1. The first-order valence-corrected chi connectivity index (χ1v) is 9.49. The van der Waals surface area contributed by atoms with Gasteiger partial charge in [0.2, 0.25) is 0 Å². The second-order valence-corrected chi connectivity index (χ2v) is 7.82. The van der Waals surface area contributed by atoms with Gasteiger partial charge in [-0.3, -0.25) is 0 Å². The molecule has 0 spiro atoms. The lowest BCUT2D eigenvalue weighted by atomic mass is 10.0. The highest BCUT2D eigenvalue weighted by molar-refractivity contribution is 5.64. The molecule has 0 radical (unpaired) electrons. The summed E-state index contributed by atoms with van der Waals surface area (Å²) in [5, 5.41) is 7.78. The Morgan fingerprint density at radius 2 is 1.85 bits per heavy atom. The number of nitrogens with one attached hydrogen (secondary N) is 1.